The molecule has 2 N–H and O–H groups in total. The van der Waals surface area contributed by atoms with E-state index in [1.807, 2.05) is 0 Å². The van der Waals surface area contributed by atoms with Crippen LogP contribution in [-0.4, -0.2) is 46.7 Å². The zero-order valence-electron chi connectivity index (χ0n) is 47.1. The first-order valence-corrected chi connectivity index (χ1v) is 31.3. The number of hydrogen-bond donors (Lipinski definition) is 2. The zero-order valence-corrected chi connectivity index (χ0v) is 49.6. The molecule has 14 nitrogen and oxygen atoms in total. The van der Waals surface area contributed by atoms with Crippen molar-refractivity contribution < 1.29 is 63.9 Å². The van der Waals surface area contributed by atoms with Crippen molar-refractivity contribution in [1.29, 1.82) is 0 Å². The summed E-state index contributed by atoms with van der Waals surface area (Å²) in [6.45, 7) is 6.38. The Bertz CT molecular complexity index is 4270. The maximum atomic E-state index is 13.6. The quantitative estimate of drug-likeness (QED) is 0.0769. The Hall–Kier alpha value is -10.1. The molecule has 0 spiro atoms. The number of sulfone groups is 3. The minimum absolute atomic E-state index is 0.0577. The van der Waals surface area contributed by atoms with Gasteiger partial charge in [0.25, 0.3) is 0 Å². The second-order valence-corrected chi connectivity index (χ2v) is 26.4. The molecule has 0 bridgehead atoms. The van der Waals surface area contributed by atoms with E-state index < -0.39 is 40.7 Å². The minimum Gasteiger partial charge on any atom is -0.457 e. The van der Waals surface area contributed by atoms with Gasteiger partial charge in [-0.25, -0.2) is 25.3 Å². The molecule has 0 aliphatic heterocycles. The van der Waals surface area contributed by atoms with Gasteiger partial charge >= 0.3 is 0 Å². The Morgan fingerprint density at radius 3 is 0.621 bits per heavy atom. The minimum atomic E-state index is -3.91. The lowest BCUT2D eigenvalue weighted by Crippen LogP contribution is -2.14. The molecule has 0 aliphatic carbocycles. The summed E-state index contributed by atoms with van der Waals surface area (Å²) in [4.78, 5) is 0.433. The molecule has 10 aromatic carbocycles. The molecule has 10 aromatic rings. The van der Waals surface area contributed by atoms with Gasteiger partial charge in [-0.2, -0.15) is 0 Å². The smallest absolute Gasteiger partial charge is 0.206 e. The molecule has 0 saturated carbocycles. The molecule has 87 heavy (non-hydrogen) atoms. The second-order valence-electron chi connectivity index (χ2n) is 20.6. The summed E-state index contributed by atoms with van der Waals surface area (Å²) in [5, 5.41) is 19.8. The van der Waals surface area contributed by atoms with Crippen LogP contribution >= 0.6 is 0 Å². The van der Waals surface area contributed by atoms with Gasteiger partial charge in [-0.3, -0.25) is 0 Å². The Morgan fingerprint density at radius 1 is 0.264 bits per heavy atom. The molecule has 10 rings (SSSR count). The molecular formula is C70H54O14S3. The SMILES string of the molecule is CC(C)(O)C#Cc1cccc(Oc2ccc(S(=O)(=O)c3ccc(Oc4ccc(Oc5ccc(S(=O)(=O)c6ccc(Oc7ccc(Oc8ccc(S(=O)(=O)c9ccc(Oc%10cccc(C#CC(C)(C)O)c%10)cc9)cc8)cc7)cc6)cc5)cc4)cc3)cc2)c1. The number of aliphatic hydroxyl groups is 2. The number of benzene rings is 10. The molecule has 0 radical (unpaired) electrons. The maximum Gasteiger partial charge on any atom is 0.206 e. The van der Waals surface area contributed by atoms with Crippen molar-refractivity contribution in [3.8, 4) is 92.7 Å². The van der Waals surface area contributed by atoms with Gasteiger partial charge in [0.15, 0.2) is 0 Å². The standard InChI is InChI=1S/C70H54O14S3/c1-69(2,71)45-43-49-7-5-9-61(47-49)83-59-27-39-67(40-28-59)86(75,76)65-35-23-57(24-36-65)81-53-15-11-51(12-16-53)79-55-19-31-63(32-20-55)85(73,74)64-33-21-56(22-34-64)80-52-13-17-54(18-14-52)82-58-25-37-66(38-26-58)87(77,78)68-41-29-60(30-42-68)84-62-10-6-8-50(48-62)44-46-70(3,4)72/h5-42,47-48,71-72H,1-4H3. The average Bonchev–Trinajstić information content (AvgIpc) is 2.54. The highest BCUT2D eigenvalue weighted by Gasteiger charge is 2.22. The van der Waals surface area contributed by atoms with Gasteiger partial charge in [-0.05, 0) is 258 Å². The normalized spacial score (nSPS) is 11.7. The Balaban J connectivity index is 0.674. The third-order valence-electron chi connectivity index (χ3n) is 12.6. The van der Waals surface area contributed by atoms with E-state index in [4.69, 9.17) is 28.4 Å². The maximum absolute atomic E-state index is 13.6. The van der Waals surface area contributed by atoms with Gasteiger partial charge < -0.3 is 38.6 Å². The van der Waals surface area contributed by atoms with Crippen molar-refractivity contribution in [2.24, 2.45) is 0 Å². The molecule has 0 fully saturated rings. The first kappa shape index (κ1) is 60.0. The van der Waals surface area contributed by atoms with Crippen molar-refractivity contribution in [2.75, 3.05) is 0 Å². The number of hydrogen-bond acceptors (Lipinski definition) is 14. The zero-order chi connectivity index (χ0) is 61.4. The van der Waals surface area contributed by atoms with Crippen LogP contribution in [0.5, 0.6) is 69.0 Å². The van der Waals surface area contributed by atoms with E-state index in [9.17, 15) is 35.5 Å². The van der Waals surface area contributed by atoms with E-state index >= 15 is 0 Å². The van der Waals surface area contributed by atoms with Crippen molar-refractivity contribution in [3.05, 3.63) is 254 Å². The first-order valence-electron chi connectivity index (χ1n) is 26.8. The van der Waals surface area contributed by atoms with Crippen LogP contribution in [0.2, 0.25) is 0 Å². The first-order chi connectivity index (χ1) is 41.5. The fourth-order valence-electron chi connectivity index (χ4n) is 8.22. The third-order valence-corrected chi connectivity index (χ3v) is 17.9. The van der Waals surface area contributed by atoms with Gasteiger partial charge in [0.05, 0.1) is 29.4 Å². The highest BCUT2D eigenvalue weighted by molar-refractivity contribution is 7.92. The Labute approximate surface area is 505 Å². The highest BCUT2D eigenvalue weighted by Crippen LogP contribution is 2.35. The molecule has 0 amide bonds. The van der Waals surface area contributed by atoms with E-state index in [2.05, 4.69) is 23.7 Å². The van der Waals surface area contributed by atoms with Gasteiger partial charge in [0, 0.05) is 11.1 Å². The lowest BCUT2D eigenvalue weighted by molar-refractivity contribution is 0.143. The summed E-state index contributed by atoms with van der Waals surface area (Å²) in [5.41, 5.74) is -0.972. The van der Waals surface area contributed by atoms with Crippen LogP contribution in [0.1, 0.15) is 38.8 Å². The molecular weight excluding hydrogens is 1160 g/mol. The molecule has 0 unspecified atom stereocenters. The summed E-state index contributed by atoms with van der Waals surface area (Å²) in [6, 6.07) is 63.9. The monoisotopic (exact) mass is 1210 g/mol. The van der Waals surface area contributed by atoms with E-state index in [0.717, 1.165) is 0 Å². The predicted molar refractivity (Wildman–Crippen MR) is 328 cm³/mol. The molecule has 17 heteroatoms. The van der Waals surface area contributed by atoms with Gasteiger partial charge in [0.2, 0.25) is 29.5 Å². The molecule has 436 valence electrons. The highest BCUT2D eigenvalue weighted by atomic mass is 32.2. The predicted octanol–water partition coefficient (Wildman–Crippen LogP) is 15.2. The van der Waals surface area contributed by atoms with Crippen LogP contribution in [0.3, 0.4) is 0 Å². The third kappa shape index (κ3) is 15.8. The lowest BCUT2D eigenvalue weighted by atomic mass is 10.1. The van der Waals surface area contributed by atoms with Crippen molar-refractivity contribution in [2.45, 2.75) is 68.3 Å². The van der Waals surface area contributed by atoms with E-state index in [0.29, 0.717) is 80.1 Å². The number of ether oxygens (including phenoxy) is 6. The Morgan fingerprint density at radius 2 is 0.437 bits per heavy atom. The molecule has 0 heterocycles. The largest absolute Gasteiger partial charge is 0.457 e. The van der Waals surface area contributed by atoms with E-state index in [1.165, 1.54) is 72.8 Å². The average molecular weight is 1220 g/mol. The van der Waals surface area contributed by atoms with E-state index in [1.54, 1.807) is 198 Å². The van der Waals surface area contributed by atoms with Crippen LogP contribution < -0.4 is 28.4 Å². The van der Waals surface area contributed by atoms with Crippen molar-refractivity contribution in [3.63, 3.8) is 0 Å². The molecule has 0 aliphatic rings. The topological polar surface area (TPSA) is 198 Å². The van der Waals surface area contributed by atoms with Crippen molar-refractivity contribution >= 4 is 29.5 Å². The van der Waals surface area contributed by atoms with Crippen LogP contribution in [0.15, 0.2) is 272 Å². The molecule has 0 saturated heterocycles. The summed E-state index contributed by atoms with van der Waals surface area (Å²) in [5.74, 6) is 16.7. The van der Waals surface area contributed by atoms with Gasteiger partial charge in [0.1, 0.15) is 80.2 Å². The van der Waals surface area contributed by atoms with Crippen LogP contribution in [-0.2, 0) is 29.5 Å². The van der Waals surface area contributed by atoms with Gasteiger partial charge in [-0.1, -0.05) is 35.8 Å². The summed E-state index contributed by atoms with van der Waals surface area (Å²) >= 11 is 0. The lowest BCUT2D eigenvalue weighted by Gasteiger charge is -2.11. The molecule has 0 atom stereocenters. The summed E-state index contributed by atoms with van der Waals surface area (Å²) in [6.07, 6.45) is 0. The number of rotatable bonds is 18. The van der Waals surface area contributed by atoms with Gasteiger partial charge in [-0.15, -0.1) is 0 Å². The van der Waals surface area contributed by atoms with Crippen LogP contribution in [0.4, 0.5) is 0 Å². The van der Waals surface area contributed by atoms with Crippen molar-refractivity contribution in [1.82, 2.24) is 0 Å². The summed E-state index contributed by atoms with van der Waals surface area (Å²) < 4.78 is 117. The summed E-state index contributed by atoms with van der Waals surface area (Å²) in [7, 11) is -11.6. The second kappa shape index (κ2) is 25.2. The molecule has 0 aromatic heterocycles. The fourth-order valence-corrected chi connectivity index (χ4v) is 12.0. The Kier molecular flexibility index (Phi) is 17.4. The fraction of sp³-hybridized carbons (Fsp3) is 0.0857. The van der Waals surface area contributed by atoms with E-state index in [-0.39, 0.29) is 29.4 Å². The van der Waals surface area contributed by atoms with Crippen LogP contribution in [0, 0.1) is 23.7 Å². The van der Waals surface area contributed by atoms with Crippen LogP contribution in [0.25, 0.3) is 0 Å².